The van der Waals surface area contributed by atoms with Crippen molar-refractivity contribution in [3.05, 3.63) is 54.1 Å². The Hall–Kier alpha value is -2.40. The summed E-state index contributed by atoms with van der Waals surface area (Å²) in [5, 5.41) is 13.5. The Balaban J connectivity index is 2.24. The van der Waals surface area contributed by atoms with Crippen LogP contribution in [0.5, 0.6) is 5.75 Å². The summed E-state index contributed by atoms with van der Waals surface area (Å²) in [5.74, 6) is 0.242. The fraction of sp³-hybridized carbons (Fsp3) is 0. The first-order valence-corrected chi connectivity index (χ1v) is 6.04. The molecule has 2 rings (SSSR count). The summed E-state index contributed by atoms with van der Waals surface area (Å²) >= 11 is 4.65. The van der Waals surface area contributed by atoms with Crippen LogP contribution in [0.15, 0.2) is 53.6 Å². The molecule has 19 heavy (non-hydrogen) atoms. The summed E-state index contributed by atoms with van der Waals surface area (Å²) in [5.41, 5.74) is 10.6. The maximum absolute atomic E-state index is 9.48. The lowest BCUT2D eigenvalue weighted by Crippen LogP contribution is -2.23. The van der Waals surface area contributed by atoms with E-state index < -0.39 is 0 Å². The third kappa shape index (κ3) is 3.79. The molecule has 4 nitrogen and oxygen atoms in total. The molecule has 0 radical (unpaired) electrons. The topological polar surface area (TPSA) is 70.6 Å². The minimum atomic E-state index is 0.125. The highest BCUT2D eigenvalue weighted by Crippen LogP contribution is 2.23. The molecule has 5 heteroatoms. The lowest BCUT2D eigenvalue weighted by atomic mass is 10.0. The van der Waals surface area contributed by atoms with Crippen molar-refractivity contribution in [1.82, 2.24) is 5.43 Å². The predicted molar refractivity (Wildman–Crippen MR) is 81.1 cm³/mol. The summed E-state index contributed by atoms with van der Waals surface area (Å²) < 4.78 is 0. The van der Waals surface area contributed by atoms with E-state index in [1.165, 1.54) is 0 Å². The molecule has 0 bridgehead atoms. The van der Waals surface area contributed by atoms with E-state index >= 15 is 0 Å². The molecule has 0 saturated carbocycles. The molecule has 96 valence electrons. The van der Waals surface area contributed by atoms with E-state index in [9.17, 15) is 5.11 Å². The van der Waals surface area contributed by atoms with E-state index in [4.69, 9.17) is 5.73 Å². The quantitative estimate of drug-likeness (QED) is 0.455. The molecular formula is C14H13N3OS. The highest BCUT2D eigenvalue weighted by Gasteiger charge is 1.99. The first-order chi connectivity index (χ1) is 9.15. The van der Waals surface area contributed by atoms with Crippen LogP contribution in [0.3, 0.4) is 0 Å². The van der Waals surface area contributed by atoms with Crippen molar-refractivity contribution in [3.63, 3.8) is 0 Å². The Kier molecular flexibility index (Phi) is 4.10. The number of thiocarbonyl (C=S) groups is 1. The molecular weight excluding hydrogens is 258 g/mol. The molecule has 0 aliphatic carbocycles. The van der Waals surface area contributed by atoms with Gasteiger partial charge in [-0.1, -0.05) is 30.3 Å². The summed E-state index contributed by atoms with van der Waals surface area (Å²) in [6.45, 7) is 0. The third-order valence-corrected chi connectivity index (χ3v) is 2.55. The number of nitrogens with one attached hydrogen (secondary N) is 1. The number of hydrazone groups is 1. The molecule has 0 spiro atoms. The number of hydrogen-bond acceptors (Lipinski definition) is 3. The molecule has 0 heterocycles. The highest BCUT2D eigenvalue weighted by atomic mass is 32.1. The maximum atomic E-state index is 9.48. The number of benzene rings is 2. The molecule has 2 aromatic carbocycles. The number of rotatable bonds is 3. The summed E-state index contributed by atoms with van der Waals surface area (Å²) in [6.07, 6.45) is 1.63. The molecule has 4 N–H and O–H groups in total. The standard InChI is InChI=1S/C14H13N3OS/c15-14(19)17-16-9-10-3-1-4-11(7-10)12-5-2-6-13(18)8-12/h1-9,18H,(H3,15,17,19). The normalized spacial score (nSPS) is 10.5. The van der Waals surface area contributed by atoms with Crippen molar-refractivity contribution >= 4 is 23.5 Å². The van der Waals surface area contributed by atoms with Gasteiger partial charge >= 0.3 is 0 Å². The molecule has 0 amide bonds. The molecule has 0 aliphatic heterocycles. The van der Waals surface area contributed by atoms with Crippen molar-refractivity contribution in [2.24, 2.45) is 10.8 Å². The second-order valence-corrected chi connectivity index (χ2v) is 4.35. The Morgan fingerprint density at radius 3 is 2.53 bits per heavy atom. The van der Waals surface area contributed by atoms with Crippen molar-refractivity contribution in [2.45, 2.75) is 0 Å². The van der Waals surface area contributed by atoms with E-state index in [0.717, 1.165) is 16.7 Å². The van der Waals surface area contributed by atoms with Crippen LogP contribution in [0.1, 0.15) is 5.56 Å². The minimum absolute atomic E-state index is 0.125. The van der Waals surface area contributed by atoms with Crippen molar-refractivity contribution in [2.75, 3.05) is 0 Å². The summed E-state index contributed by atoms with van der Waals surface area (Å²) in [7, 11) is 0. The first kappa shape index (κ1) is 13.0. The van der Waals surface area contributed by atoms with Gasteiger partial charge < -0.3 is 10.8 Å². The van der Waals surface area contributed by atoms with Crippen LogP contribution in [0.2, 0.25) is 0 Å². The van der Waals surface area contributed by atoms with Crippen LogP contribution >= 0.6 is 12.2 Å². The second-order valence-electron chi connectivity index (χ2n) is 3.91. The van der Waals surface area contributed by atoms with Crippen LogP contribution < -0.4 is 11.2 Å². The predicted octanol–water partition coefficient (Wildman–Crippen LogP) is 2.23. The Bertz CT molecular complexity index is 626. The van der Waals surface area contributed by atoms with Crippen molar-refractivity contribution in [1.29, 1.82) is 0 Å². The van der Waals surface area contributed by atoms with Gasteiger partial charge in [-0.2, -0.15) is 5.10 Å². The van der Waals surface area contributed by atoms with E-state index in [1.54, 1.807) is 24.4 Å². The number of phenols is 1. The summed E-state index contributed by atoms with van der Waals surface area (Å²) in [4.78, 5) is 0. The molecule has 0 unspecified atom stereocenters. The minimum Gasteiger partial charge on any atom is -0.508 e. The number of nitrogens with two attached hydrogens (primary N) is 1. The third-order valence-electron chi connectivity index (χ3n) is 2.45. The van der Waals surface area contributed by atoms with E-state index in [1.807, 2.05) is 30.3 Å². The molecule has 0 fully saturated rings. The van der Waals surface area contributed by atoms with Gasteiger partial charge in [-0.25, -0.2) is 0 Å². The largest absolute Gasteiger partial charge is 0.508 e. The molecule has 0 aliphatic rings. The van der Waals surface area contributed by atoms with Gasteiger partial charge in [0, 0.05) is 0 Å². The number of aromatic hydroxyl groups is 1. The van der Waals surface area contributed by atoms with Gasteiger partial charge in [0.25, 0.3) is 0 Å². The molecule has 0 saturated heterocycles. The van der Waals surface area contributed by atoms with E-state index in [2.05, 4.69) is 22.7 Å². The van der Waals surface area contributed by atoms with E-state index in [0.29, 0.717) is 0 Å². The van der Waals surface area contributed by atoms with Gasteiger partial charge in [-0.05, 0) is 47.1 Å². The first-order valence-electron chi connectivity index (χ1n) is 5.63. The van der Waals surface area contributed by atoms with Crippen LogP contribution in [-0.2, 0) is 0 Å². The Morgan fingerprint density at radius 2 is 1.84 bits per heavy atom. The van der Waals surface area contributed by atoms with Crippen molar-refractivity contribution < 1.29 is 5.11 Å². The Labute approximate surface area is 116 Å². The van der Waals surface area contributed by atoms with Crippen LogP contribution in [-0.4, -0.2) is 16.4 Å². The van der Waals surface area contributed by atoms with Gasteiger partial charge in [0.05, 0.1) is 6.21 Å². The average molecular weight is 271 g/mol. The maximum Gasteiger partial charge on any atom is 0.184 e. The van der Waals surface area contributed by atoms with Crippen molar-refractivity contribution in [3.8, 4) is 16.9 Å². The molecule has 2 aromatic rings. The number of phenolic OH excluding ortho intramolecular Hbond substituents is 1. The average Bonchev–Trinajstić information content (AvgIpc) is 2.39. The van der Waals surface area contributed by atoms with Gasteiger partial charge in [-0.15, -0.1) is 0 Å². The summed E-state index contributed by atoms with van der Waals surface area (Å²) in [6, 6.07) is 14.8. The Morgan fingerprint density at radius 1 is 1.16 bits per heavy atom. The lowest BCUT2D eigenvalue weighted by molar-refractivity contribution is 0.475. The van der Waals surface area contributed by atoms with Crippen LogP contribution in [0, 0.1) is 0 Å². The molecule has 0 atom stereocenters. The fourth-order valence-electron chi connectivity index (χ4n) is 1.65. The van der Waals surface area contributed by atoms with Gasteiger partial charge in [0.15, 0.2) is 5.11 Å². The number of nitrogens with zero attached hydrogens (tertiary/aromatic N) is 1. The van der Waals surface area contributed by atoms with Crippen LogP contribution in [0.25, 0.3) is 11.1 Å². The zero-order valence-electron chi connectivity index (χ0n) is 10.1. The second kappa shape index (κ2) is 5.97. The van der Waals surface area contributed by atoms with E-state index in [-0.39, 0.29) is 10.9 Å². The van der Waals surface area contributed by atoms with Gasteiger partial charge in [-0.3, -0.25) is 5.43 Å². The lowest BCUT2D eigenvalue weighted by Gasteiger charge is -2.03. The molecule has 0 aromatic heterocycles. The van der Waals surface area contributed by atoms with Crippen LogP contribution in [0.4, 0.5) is 0 Å². The monoisotopic (exact) mass is 271 g/mol. The SMILES string of the molecule is NC(=S)NN=Cc1cccc(-c2cccc(O)c2)c1. The number of hydrogen-bond donors (Lipinski definition) is 3. The van der Waals surface area contributed by atoms with Gasteiger partial charge in [0.2, 0.25) is 0 Å². The zero-order chi connectivity index (χ0) is 13.7. The fourth-order valence-corrected chi connectivity index (χ4v) is 1.71. The zero-order valence-corrected chi connectivity index (χ0v) is 10.9. The van der Waals surface area contributed by atoms with Gasteiger partial charge in [0.1, 0.15) is 5.75 Å². The smallest absolute Gasteiger partial charge is 0.184 e. The highest BCUT2D eigenvalue weighted by molar-refractivity contribution is 7.80.